The van der Waals surface area contributed by atoms with Crippen LogP contribution in [0.5, 0.6) is 0 Å². The Labute approximate surface area is 135 Å². The van der Waals surface area contributed by atoms with Gasteiger partial charge in [0.25, 0.3) is 0 Å². The molecule has 3 heterocycles. The summed E-state index contributed by atoms with van der Waals surface area (Å²) in [4.78, 5) is 4.22. The molecule has 1 aromatic carbocycles. The van der Waals surface area contributed by atoms with E-state index >= 15 is 0 Å². The quantitative estimate of drug-likeness (QED) is 0.887. The molecule has 0 amide bonds. The molecule has 0 bridgehead atoms. The average Bonchev–Trinajstić information content (AvgIpc) is 3.09. The SMILES string of the molecule is CC(C)N1N=C(c2ccc3c(ccn3C)c2)C2=C(N)N=CNC21. The number of aromatic nitrogens is 1. The van der Waals surface area contributed by atoms with Crippen molar-refractivity contribution in [1.82, 2.24) is 14.9 Å². The highest BCUT2D eigenvalue weighted by Gasteiger charge is 2.37. The van der Waals surface area contributed by atoms with Crippen LogP contribution in [0.4, 0.5) is 0 Å². The number of rotatable bonds is 2. The Morgan fingerprint density at radius 2 is 2.09 bits per heavy atom. The van der Waals surface area contributed by atoms with E-state index < -0.39 is 0 Å². The molecule has 0 aliphatic carbocycles. The van der Waals surface area contributed by atoms with Crippen molar-refractivity contribution in [2.75, 3.05) is 0 Å². The van der Waals surface area contributed by atoms with Crippen molar-refractivity contribution >= 4 is 23.0 Å². The Hall–Kier alpha value is -2.76. The fourth-order valence-corrected chi connectivity index (χ4v) is 3.21. The van der Waals surface area contributed by atoms with Crippen molar-refractivity contribution in [3.8, 4) is 0 Å². The summed E-state index contributed by atoms with van der Waals surface area (Å²) in [5.41, 5.74) is 10.3. The van der Waals surface area contributed by atoms with E-state index in [0.717, 1.165) is 16.8 Å². The van der Waals surface area contributed by atoms with E-state index in [4.69, 9.17) is 10.8 Å². The molecular weight excluding hydrogens is 288 g/mol. The number of hydrogen-bond acceptors (Lipinski definition) is 5. The van der Waals surface area contributed by atoms with Gasteiger partial charge in [-0.15, -0.1) is 0 Å². The minimum Gasteiger partial charge on any atom is -0.383 e. The summed E-state index contributed by atoms with van der Waals surface area (Å²) < 4.78 is 2.11. The second kappa shape index (κ2) is 4.87. The van der Waals surface area contributed by atoms with E-state index in [0.29, 0.717) is 5.82 Å². The first-order valence-electron chi connectivity index (χ1n) is 7.77. The van der Waals surface area contributed by atoms with Crippen LogP contribution < -0.4 is 11.1 Å². The Morgan fingerprint density at radius 1 is 1.26 bits per heavy atom. The zero-order chi connectivity index (χ0) is 16.1. The minimum absolute atomic E-state index is 0.0472. The second-order valence-electron chi connectivity index (χ2n) is 6.25. The van der Waals surface area contributed by atoms with E-state index in [-0.39, 0.29) is 12.2 Å². The Balaban J connectivity index is 1.87. The molecule has 0 radical (unpaired) electrons. The number of hydrazone groups is 1. The lowest BCUT2D eigenvalue weighted by atomic mass is 9.99. The van der Waals surface area contributed by atoms with E-state index in [1.165, 1.54) is 10.9 Å². The summed E-state index contributed by atoms with van der Waals surface area (Å²) in [6.07, 6.45) is 3.67. The molecule has 1 aromatic heterocycles. The van der Waals surface area contributed by atoms with Gasteiger partial charge in [-0.2, -0.15) is 5.10 Å². The van der Waals surface area contributed by atoms with E-state index in [9.17, 15) is 0 Å². The first kappa shape index (κ1) is 13.9. The molecule has 2 aromatic rings. The molecule has 6 heteroatoms. The van der Waals surface area contributed by atoms with Crippen LogP contribution in [0.2, 0.25) is 0 Å². The smallest absolute Gasteiger partial charge is 0.148 e. The number of fused-ring (bicyclic) bond motifs is 2. The largest absolute Gasteiger partial charge is 0.383 e. The van der Waals surface area contributed by atoms with Crippen LogP contribution >= 0.6 is 0 Å². The predicted octanol–water partition coefficient (Wildman–Crippen LogP) is 1.73. The Kier molecular flexibility index (Phi) is 2.94. The second-order valence-corrected chi connectivity index (χ2v) is 6.25. The van der Waals surface area contributed by atoms with Gasteiger partial charge in [-0.05, 0) is 32.0 Å². The van der Waals surface area contributed by atoms with E-state index in [1.807, 2.05) is 12.1 Å². The van der Waals surface area contributed by atoms with Crippen molar-refractivity contribution in [3.05, 3.63) is 47.4 Å². The molecule has 0 spiro atoms. The standard InChI is InChI=1S/C17H20N6/c1-10(2)23-17-14(16(18)19-9-20-17)15(21-23)12-4-5-13-11(8-12)6-7-22(13)3/h4-10,17H,18H2,1-3H3,(H,19,20). The molecule has 118 valence electrons. The zero-order valence-corrected chi connectivity index (χ0v) is 13.5. The molecule has 2 aliphatic heterocycles. The normalized spacial score (nSPS) is 20.3. The summed E-state index contributed by atoms with van der Waals surface area (Å²) in [5.74, 6) is 0.531. The van der Waals surface area contributed by atoms with Crippen LogP contribution in [0, 0.1) is 0 Å². The van der Waals surface area contributed by atoms with Gasteiger partial charge >= 0.3 is 0 Å². The summed E-state index contributed by atoms with van der Waals surface area (Å²) >= 11 is 0. The fourth-order valence-electron chi connectivity index (χ4n) is 3.21. The van der Waals surface area contributed by atoms with Crippen LogP contribution in [0.3, 0.4) is 0 Å². The van der Waals surface area contributed by atoms with Gasteiger partial charge in [0.05, 0.1) is 11.9 Å². The molecule has 4 rings (SSSR count). The molecular formula is C17H20N6. The van der Waals surface area contributed by atoms with Crippen molar-refractivity contribution in [3.63, 3.8) is 0 Å². The lowest BCUT2D eigenvalue weighted by molar-refractivity contribution is 0.189. The van der Waals surface area contributed by atoms with Crippen LogP contribution in [-0.2, 0) is 7.05 Å². The number of nitrogens with two attached hydrogens (primary N) is 1. The van der Waals surface area contributed by atoms with Gasteiger partial charge in [-0.3, -0.25) is 5.01 Å². The summed E-state index contributed by atoms with van der Waals surface area (Å²) in [6.45, 7) is 4.24. The number of aliphatic imine (C=N–C) groups is 1. The van der Waals surface area contributed by atoms with Gasteiger partial charge in [0.1, 0.15) is 17.7 Å². The van der Waals surface area contributed by atoms with Gasteiger partial charge in [-0.1, -0.05) is 6.07 Å². The highest BCUT2D eigenvalue weighted by molar-refractivity contribution is 6.16. The number of hydrogen-bond donors (Lipinski definition) is 2. The van der Waals surface area contributed by atoms with Crippen LogP contribution in [0.25, 0.3) is 10.9 Å². The van der Waals surface area contributed by atoms with Crippen molar-refractivity contribution in [2.24, 2.45) is 22.9 Å². The Bertz CT molecular complexity index is 870. The third kappa shape index (κ3) is 2.02. The maximum Gasteiger partial charge on any atom is 0.148 e. The maximum atomic E-state index is 6.16. The molecule has 0 fully saturated rings. The van der Waals surface area contributed by atoms with Crippen LogP contribution in [-0.4, -0.2) is 33.8 Å². The molecule has 0 saturated carbocycles. The lowest BCUT2D eigenvalue weighted by Gasteiger charge is -2.29. The predicted molar refractivity (Wildman–Crippen MR) is 93.1 cm³/mol. The van der Waals surface area contributed by atoms with Gasteiger partial charge in [-0.25, -0.2) is 4.99 Å². The van der Waals surface area contributed by atoms with Crippen molar-refractivity contribution in [2.45, 2.75) is 26.1 Å². The third-order valence-corrected chi connectivity index (χ3v) is 4.41. The fraction of sp³-hybridized carbons (Fsp3) is 0.294. The van der Waals surface area contributed by atoms with Crippen LogP contribution in [0.15, 0.2) is 52.0 Å². The van der Waals surface area contributed by atoms with Gasteiger partial charge in [0, 0.05) is 35.8 Å². The zero-order valence-electron chi connectivity index (χ0n) is 13.5. The summed E-state index contributed by atoms with van der Waals surface area (Å²) in [6, 6.07) is 8.76. The van der Waals surface area contributed by atoms with Gasteiger partial charge in [0.15, 0.2) is 0 Å². The minimum atomic E-state index is -0.0472. The number of nitrogens with one attached hydrogen (secondary N) is 1. The molecule has 2 aliphatic rings. The molecule has 1 unspecified atom stereocenters. The van der Waals surface area contributed by atoms with Crippen molar-refractivity contribution < 1.29 is 0 Å². The first-order chi connectivity index (χ1) is 11.1. The van der Waals surface area contributed by atoms with Gasteiger partial charge in [0.2, 0.25) is 0 Å². The van der Waals surface area contributed by atoms with Gasteiger partial charge < -0.3 is 15.6 Å². The molecule has 3 N–H and O–H groups in total. The topological polar surface area (TPSA) is 70.9 Å². The number of benzene rings is 1. The highest BCUT2D eigenvalue weighted by atomic mass is 15.6. The molecule has 1 atom stereocenters. The molecule has 6 nitrogen and oxygen atoms in total. The monoisotopic (exact) mass is 308 g/mol. The van der Waals surface area contributed by atoms with Crippen LogP contribution in [0.1, 0.15) is 19.4 Å². The summed E-state index contributed by atoms with van der Waals surface area (Å²) in [7, 11) is 2.05. The van der Waals surface area contributed by atoms with Crippen molar-refractivity contribution in [1.29, 1.82) is 0 Å². The Morgan fingerprint density at radius 3 is 2.87 bits per heavy atom. The average molecular weight is 308 g/mol. The number of aryl methyl sites for hydroxylation is 1. The summed E-state index contributed by atoms with van der Waals surface area (Å²) in [5, 5.41) is 11.3. The molecule has 0 saturated heterocycles. The number of nitrogens with zero attached hydrogens (tertiary/aromatic N) is 4. The third-order valence-electron chi connectivity index (χ3n) is 4.41. The first-order valence-corrected chi connectivity index (χ1v) is 7.77. The highest BCUT2D eigenvalue weighted by Crippen LogP contribution is 2.30. The lowest BCUT2D eigenvalue weighted by Crippen LogP contribution is -2.46. The maximum absolute atomic E-state index is 6.16. The molecule has 23 heavy (non-hydrogen) atoms. The van der Waals surface area contributed by atoms with E-state index in [2.05, 4.69) is 59.2 Å². The van der Waals surface area contributed by atoms with E-state index in [1.54, 1.807) is 6.34 Å².